The Labute approximate surface area is 129 Å². The topological polar surface area (TPSA) is 64.0 Å². The molecule has 0 aliphatic heterocycles. The predicted molar refractivity (Wildman–Crippen MR) is 85.6 cm³/mol. The zero-order valence-electron chi connectivity index (χ0n) is 12.0. The van der Waals surface area contributed by atoms with Crippen LogP contribution in [0.2, 0.25) is 0 Å². The van der Waals surface area contributed by atoms with Crippen LogP contribution < -0.4 is 4.72 Å². The normalized spacial score (nSPS) is 11.3. The average Bonchev–Trinajstić information content (AvgIpc) is 3.04. The predicted octanol–water partition coefficient (Wildman–Crippen LogP) is 2.98. The molecule has 3 rings (SSSR count). The van der Waals surface area contributed by atoms with E-state index < -0.39 is 10.0 Å². The molecule has 1 aromatic heterocycles. The molecular formula is C16H15N3O2S. The zero-order valence-corrected chi connectivity index (χ0v) is 12.8. The summed E-state index contributed by atoms with van der Waals surface area (Å²) in [5.74, 6) is 0. The second-order valence-electron chi connectivity index (χ2n) is 4.89. The number of sulfonamides is 1. The minimum Gasteiger partial charge on any atom is -0.277 e. The third kappa shape index (κ3) is 2.87. The highest BCUT2D eigenvalue weighted by molar-refractivity contribution is 7.92. The van der Waals surface area contributed by atoms with Crippen molar-refractivity contribution in [3.63, 3.8) is 0 Å². The van der Waals surface area contributed by atoms with Crippen molar-refractivity contribution in [3.8, 4) is 5.69 Å². The second-order valence-corrected chi connectivity index (χ2v) is 6.57. The van der Waals surface area contributed by atoms with Gasteiger partial charge in [-0.3, -0.25) is 4.72 Å². The molecule has 3 aromatic rings. The Hall–Kier alpha value is -2.60. The molecule has 0 spiro atoms. The molecule has 1 heterocycles. The molecule has 0 aliphatic carbocycles. The van der Waals surface area contributed by atoms with E-state index in [1.807, 2.05) is 19.1 Å². The number of benzene rings is 2. The summed E-state index contributed by atoms with van der Waals surface area (Å²) in [6.45, 7) is 1.95. The Morgan fingerprint density at radius 1 is 1.05 bits per heavy atom. The van der Waals surface area contributed by atoms with E-state index in [4.69, 9.17) is 0 Å². The molecule has 1 N–H and O–H groups in total. The Morgan fingerprint density at radius 3 is 2.50 bits per heavy atom. The summed E-state index contributed by atoms with van der Waals surface area (Å²) in [6.07, 6.45) is 3.42. The van der Waals surface area contributed by atoms with Crippen molar-refractivity contribution >= 4 is 15.7 Å². The number of rotatable bonds is 4. The van der Waals surface area contributed by atoms with Crippen molar-refractivity contribution in [1.29, 1.82) is 0 Å². The van der Waals surface area contributed by atoms with E-state index in [9.17, 15) is 8.42 Å². The fourth-order valence-electron chi connectivity index (χ4n) is 2.13. The van der Waals surface area contributed by atoms with Crippen LogP contribution in [0.15, 0.2) is 71.9 Å². The number of aromatic nitrogens is 2. The Kier molecular flexibility index (Phi) is 3.68. The van der Waals surface area contributed by atoms with Gasteiger partial charge in [0.05, 0.1) is 16.3 Å². The van der Waals surface area contributed by atoms with Gasteiger partial charge in [-0.1, -0.05) is 24.3 Å². The van der Waals surface area contributed by atoms with E-state index in [1.54, 1.807) is 59.5 Å². The minimum absolute atomic E-state index is 0.224. The first kappa shape index (κ1) is 14.3. The molecule has 0 saturated carbocycles. The summed E-state index contributed by atoms with van der Waals surface area (Å²) < 4.78 is 29.2. The number of nitrogens with one attached hydrogen (secondary N) is 1. The van der Waals surface area contributed by atoms with E-state index in [1.165, 1.54) is 0 Å². The van der Waals surface area contributed by atoms with E-state index in [0.29, 0.717) is 11.4 Å². The van der Waals surface area contributed by atoms with E-state index in [-0.39, 0.29) is 4.90 Å². The van der Waals surface area contributed by atoms with Gasteiger partial charge >= 0.3 is 0 Å². The van der Waals surface area contributed by atoms with Crippen molar-refractivity contribution in [2.75, 3.05) is 4.72 Å². The highest BCUT2D eigenvalue weighted by atomic mass is 32.2. The largest absolute Gasteiger partial charge is 0.277 e. The van der Waals surface area contributed by atoms with Crippen LogP contribution in [0.25, 0.3) is 5.69 Å². The van der Waals surface area contributed by atoms with Crippen LogP contribution >= 0.6 is 0 Å². The van der Waals surface area contributed by atoms with Gasteiger partial charge in [-0.05, 0) is 42.8 Å². The number of nitrogens with zero attached hydrogens (tertiary/aromatic N) is 2. The summed E-state index contributed by atoms with van der Waals surface area (Å²) >= 11 is 0. The van der Waals surface area contributed by atoms with Gasteiger partial charge in [0, 0.05) is 12.4 Å². The highest BCUT2D eigenvalue weighted by Gasteiger charge is 2.16. The zero-order chi connectivity index (χ0) is 15.6. The molecule has 112 valence electrons. The Morgan fingerprint density at radius 2 is 1.82 bits per heavy atom. The second kappa shape index (κ2) is 5.65. The monoisotopic (exact) mass is 313 g/mol. The highest BCUT2D eigenvalue weighted by Crippen LogP contribution is 2.24. The molecule has 22 heavy (non-hydrogen) atoms. The first-order valence-electron chi connectivity index (χ1n) is 6.75. The summed E-state index contributed by atoms with van der Waals surface area (Å²) in [6, 6.07) is 15.6. The maximum Gasteiger partial charge on any atom is 0.261 e. The lowest BCUT2D eigenvalue weighted by atomic mass is 10.2. The summed E-state index contributed by atoms with van der Waals surface area (Å²) in [4.78, 5) is 0.224. The summed E-state index contributed by atoms with van der Waals surface area (Å²) in [7, 11) is -3.63. The van der Waals surface area contributed by atoms with Crippen LogP contribution in [0.1, 0.15) is 5.56 Å². The minimum atomic E-state index is -3.63. The van der Waals surface area contributed by atoms with Crippen LogP contribution in [-0.2, 0) is 10.0 Å². The van der Waals surface area contributed by atoms with E-state index >= 15 is 0 Å². The molecule has 0 atom stereocenters. The van der Waals surface area contributed by atoms with Gasteiger partial charge in [0.25, 0.3) is 10.0 Å². The van der Waals surface area contributed by atoms with Crippen LogP contribution in [0.4, 0.5) is 5.69 Å². The lowest BCUT2D eigenvalue weighted by Gasteiger charge is -2.13. The fraction of sp³-hybridized carbons (Fsp3) is 0.0625. The Balaban J connectivity index is 2.03. The van der Waals surface area contributed by atoms with Crippen molar-refractivity contribution in [1.82, 2.24) is 9.78 Å². The maximum atomic E-state index is 12.5. The molecule has 0 fully saturated rings. The maximum absolute atomic E-state index is 12.5. The van der Waals surface area contributed by atoms with Gasteiger partial charge in [-0.15, -0.1) is 0 Å². The van der Waals surface area contributed by atoms with Crippen LogP contribution in [-0.4, -0.2) is 18.2 Å². The lowest BCUT2D eigenvalue weighted by molar-refractivity contribution is 0.601. The molecular weight excluding hydrogens is 298 g/mol. The summed E-state index contributed by atoms with van der Waals surface area (Å²) in [5, 5.41) is 4.17. The van der Waals surface area contributed by atoms with Gasteiger partial charge in [-0.2, -0.15) is 5.10 Å². The van der Waals surface area contributed by atoms with Crippen LogP contribution in [0, 0.1) is 6.92 Å². The van der Waals surface area contributed by atoms with Gasteiger partial charge in [0.1, 0.15) is 0 Å². The van der Waals surface area contributed by atoms with Gasteiger partial charge in [0.2, 0.25) is 0 Å². The van der Waals surface area contributed by atoms with E-state index in [2.05, 4.69) is 9.82 Å². The van der Waals surface area contributed by atoms with Crippen molar-refractivity contribution in [2.24, 2.45) is 0 Å². The first-order chi connectivity index (χ1) is 10.6. The van der Waals surface area contributed by atoms with Gasteiger partial charge in [0.15, 0.2) is 0 Å². The van der Waals surface area contributed by atoms with Gasteiger partial charge < -0.3 is 0 Å². The van der Waals surface area contributed by atoms with Crippen LogP contribution in [0.3, 0.4) is 0 Å². The number of anilines is 1. The molecule has 0 amide bonds. The fourth-order valence-corrected chi connectivity index (χ4v) is 3.23. The molecule has 0 unspecified atom stereocenters. The molecule has 6 heteroatoms. The summed E-state index contributed by atoms with van der Waals surface area (Å²) in [5.41, 5.74) is 2.19. The van der Waals surface area contributed by atoms with Crippen LogP contribution in [0.5, 0.6) is 0 Å². The van der Waals surface area contributed by atoms with Crippen molar-refractivity contribution in [2.45, 2.75) is 11.8 Å². The lowest BCUT2D eigenvalue weighted by Crippen LogP contribution is -2.14. The van der Waals surface area contributed by atoms with Crippen molar-refractivity contribution < 1.29 is 8.42 Å². The standard InChI is InChI=1S/C16H15N3O2S/c1-13-8-9-15(16(12-13)19-11-5-10-17-19)18-22(20,21)14-6-3-2-4-7-14/h2-12,18H,1H3. The number of hydrogen-bond donors (Lipinski definition) is 1. The first-order valence-corrected chi connectivity index (χ1v) is 8.23. The third-order valence-electron chi connectivity index (χ3n) is 3.20. The van der Waals surface area contributed by atoms with Crippen molar-refractivity contribution in [3.05, 3.63) is 72.6 Å². The van der Waals surface area contributed by atoms with E-state index in [0.717, 1.165) is 5.56 Å². The molecule has 5 nitrogen and oxygen atoms in total. The third-order valence-corrected chi connectivity index (χ3v) is 4.58. The smallest absolute Gasteiger partial charge is 0.261 e. The average molecular weight is 313 g/mol. The molecule has 0 aliphatic rings. The number of hydrogen-bond acceptors (Lipinski definition) is 3. The van der Waals surface area contributed by atoms with Gasteiger partial charge in [-0.25, -0.2) is 13.1 Å². The number of aryl methyl sites for hydroxylation is 1. The quantitative estimate of drug-likeness (QED) is 0.805. The molecule has 0 bridgehead atoms. The molecule has 0 radical (unpaired) electrons. The Bertz CT molecular complexity index is 873. The SMILES string of the molecule is Cc1ccc(NS(=O)(=O)c2ccccc2)c(-n2cccn2)c1. The molecule has 0 saturated heterocycles. The molecule has 2 aromatic carbocycles.